The molecule has 6 heteroatoms. The molecule has 2 aromatic rings. The summed E-state index contributed by atoms with van der Waals surface area (Å²) >= 11 is 5.80. The number of nitrogens with one attached hydrogen (secondary N) is 1. The second-order valence-corrected chi connectivity index (χ2v) is 4.72. The van der Waals surface area contributed by atoms with Gasteiger partial charge in [-0.25, -0.2) is 4.79 Å². The van der Waals surface area contributed by atoms with Gasteiger partial charge in [-0.15, -0.1) is 0 Å². The summed E-state index contributed by atoms with van der Waals surface area (Å²) in [6.45, 7) is 0.496. The molecule has 0 aliphatic heterocycles. The number of carboxylic acids is 1. The minimum Gasteiger partial charge on any atom is -0.478 e. The van der Waals surface area contributed by atoms with E-state index < -0.39 is 5.97 Å². The highest BCUT2D eigenvalue weighted by Crippen LogP contribution is 2.21. The lowest BCUT2D eigenvalue weighted by Gasteiger charge is -2.07. The molecule has 5 nitrogen and oxygen atoms in total. The Morgan fingerprint density at radius 3 is 2.85 bits per heavy atom. The Morgan fingerprint density at radius 2 is 2.25 bits per heavy atom. The molecule has 0 atom stereocenters. The standard InChI is InChI=1S/C14H12ClN3O2/c1-18-8-9(4-11(18)6-16)7-17-10-2-3-13(15)12(5-10)14(19)20/h2-5,8,17H,7H2,1H3,(H,19,20). The van der Waals surface area contributed by atoms with Crippen molar-refractivity contribution in [3.63, 3.8) is 0 Å². The number of hydrogen-bond acceptors (Lipinski definition) is 3. The monoisotopic (exact) mass is 289 g/mol. The van der Waals surface area contributed by atoms with Gasteiger partial charge in [-0.05, 0) is 29.8 Å². The van der Waals surface area contributed by atoms with Gasteiger partial charge in [0.15, 0.2) is 0 Å². The first kappa shape index (κ1) is 14.0. The third kappa shape index (κ3) is 2.92. The van der Waals surface area contributed by atoms with Crippen molar-refractivity contribution in [3.8, 4) is 6.07 Å². The smallest absolute Gasteiger partial charge is 0.337 e. The Labute approximate surface area is 121 Å². The lowest BCUT2D eigenvalue weighted by molar-refractivity contribution is 0.0697. The highest BCUT2D eigenvalue weighted by atomic mass is 35.5. The van der Waals surface area contributed by atoms with Crippen LogP contribution in [0.15, 0.2) is 30.5 Å². The summed E-state index contributed by atoms with van der Waals surface area (Å²) in [5, 5.41) is 21.2. The minimum atomic E-state index is -1.06. The molecule has 0 saturated carbocycles. The van der Waals surface area contributed by atoms with Crippen molar-refractivity contribution in [1.82, 2.24) is 4.57 Å². The molecule has 1 aromatic heterocycles. The van der Waals surface area contributed by atoms with E-state index in [1.165, 1.54) is 6.07 Å². The Morgan fingerprint density at radius 1 is 1.50 bits per heavy atom. The van der Waals surface area contributed by atoms with E-state index in [9.17, 15) is 4.79 Å². The van der Waals surface area contributed by atoms with Crippen molar-refractivity contribution in [3.05, 3.63) is 52.3 Å². The number of anilines is 1. The van der Waals surface area contributed by atoms with Crippen LogP contribution in [0.3, 0.4) is 0 Å². The second kappa shape index (κ2) is 5.68. The molecule has 2 rings (SSSR count). The number of rotatable bonds is 4. The fourth-order valence-electron chi connectivity index (χ4n) is 1.84. The Hall–Kier alpha value is -2.45. The van der Waals surface area contributed by atoms with E-state index in [4.69, 9.17) is 22.0 Å². The predicted molar refractivity (Wildman–Crippen MR) is 75.9 cm³/mol. The first-order valence-electron chi connectivity index (χ1n) is 5.83. The summed E-state index contributed by atoms with van der Waals surface area (Å²) in [5.41, 5.74) is 2.23. The van der Waals surface area contributed by atoms with Gasteiger partial charge < -0.3 is 15.0 Å². The molecule has 0 fully saturated rings. The highest BCUT2D eigenvalue weighted by molar-refractivity contribution is 6.33. The average molecular weight is 290 g/mol. The molecule has 2 N–H and O–H groups in total. The van der Waals surface area contributed by atoms with Gasteiger partial charge in [-0.3, -0.25) is 0 Å². The third-order valence-electron chi connectivity index (χ3n) is 2.87. The summed E-state index contributed by atoms with van der Waals surface area (Å²) in [6.07, 6.45) is 1.85. The number of benzene rings is 1. The molecule has 20 heavy (non-hydrogen) atoms. The van der Waals surface area contributed by atoms with Gasteiger partial charge in [-0.1, -0.05) is 11.6 Å². The lowest BCUT2D eigenvalue weighted by atomic mass is 10.2. The highest BCUT2D eigenvalue weighted by Gasteiger charge is 2.09. The van der Waals surface area contributed by atoms with Crippen LogP contribution in [0.2, 0.25) is 5.02 Å². The van der Waals surface area contributed by atoms with Crippen LogP contribution in [-0.4, -0.2) is 15.6 Å². The van der Waals surface area contributed by atoms with Crippen LogP contribution in [0, 0.1) is 11.3 Å². The normalized spacial score (nSPS) is 10.1. The summed E-state index contributed by atoms with van der Waals surface area (Å²) in [5.74, 6) is -1.06. The maximum absolute atomic E-state index is 11.0. The van der Waals surface area contributed by atoms with Crippen molar-refractivity contribution in [2.24, 2.45) is 7.05 Å². The van der Waals surface area contributed by atoms with Crippen molar-refractivity contribution in [2.75, 3.05) is 5.32 Å². The molecule has 0 aliphatic rings. The zero-order valence-corrected chi connectivity index (χ0v) is 11.5. The van der Waals surface area contributed by atoms with Crippen molar-refractivity contribution in [2.45, 2.75) is 6.54 Å². The van der Waals surface area contributed by atoms with Crippen molar-refractivity contribution < 1.29 is 9.90 Å². The van der Waals surface area contributed by atoms with E-state index >= 15 is 0 Å². The Bertz CT molecular complexity index is 701. The maximum atomic E-state index is 11.0. The number of hydrogen-bond donors (Lipinski definition) is 2. The van der Waals surface area contributed by atoms with Gasteiger partial charge in [0, 0.05) is 25.5 Å². The van der Waals surface area contributed by atoms with Crippen LogP contribution in [-0.2, 0) is 13.6 Å². The first-order valence-corrected chi connectivity index (χ1v) is 6.21. The van der Waals surface area contributed by atoms with Crippen LogP contribution < -0.4 is 5.32 Å². The van der Waals surface area contributed by atoms with E-state index in [2.05, 4.69) is 11.4 Å². The number of nitriles is 1. The van der Waals surface area contributed by atoms with Gasteiger partial charge in [0.25, 0.3) is 0 Å². The van der Waals surface area contributed by atoms with Crippen LogP contribution >= 0.6 is 11.6 Å². The van der Waals surface area contributed by atoms with E-state index in [0.29, 0.717) is 17.9 Å². The molecule has 0 aliphatic carbocycles. The zero-order valence-electron chi connectivity index (χ0n) is 10.7. The molecular weight excluding hydrogens is 278 g/mol. The van der Waals surface area contributed by atoms with Crippen LogP contribution in [0.5, 0.6) is 0 Å². The number of halogens is 1. The average Bonchev–Trinajstić information content (AvgIpc) is 2.78. The van der Waals surface area contributed by atoms with E-state index in [-0.39, 0.29) is 10.6 Å². The summed E-state index contributed by atoms with van der Waals surface area (Å²) in [6, 6.07) is 8.60. The molecule has 0 saturated heterocycles. The first-order chi connectivity index (χ1) is 9.51. The van der Waals surface area contributed by atoms with Crippen molar-refractivity contribution >= 4 is 23.3 Å². The van der Waals surface area contributed by atoms with Gasteiger partial charge in [0.2, 0.25) is 0 Å². The fraction of sp³-hybridized carbons (Fsp3) is 0.143. The zero-order chi connectivity index (χ0) is 14.7. The van der Waals surface area contributed by atoms with Crippen LogP contribution in [0.4, 0.5) is 5.69 Å². The third-order valence-corrected chi connectivity index (χ3v) is 3.20. The molecule has 0 radical (unpaired) electrons. The topological polar surface area (TPSA) is 78.1 Å². The maximum Gasteiger partial charge on any atom is 0.337 e. The molecule has 0 amide bonds. The number of aryl methyl sites for hydroxylation is 1. The SMILES string of the molecule is Cn1cc(CNc2ccc(Cl)c(C(=O)O)c2)cc1C#N. The number of carbonyl (C=O) groups is 1. The molecule has 0 spiro atoms. The van der Waals surface area contributed by atoms with Crippen molar-refractivity contribution in [1.29, 1.82) is 5.26 Å². The molecular formula is C14H12ClN3O2. The number of aromatic carboxylic acids is 1. The van der Waals surface area contributed by atoms with Gasteiger partial charge in [0.05, 0.1) is 10.6 Å². The molecule has 102 valence electrons. The lowest BCUT2D eigenvalue weighted by Crippen LogP contribution is -2.02. The summed E-state index contributed by atoms with van der Waals surface area (Å²) in [7, 11) is 1.80. The van der Waals surface area contributed by atoms with E-state index in [1.807, 2.05) is 6.20 Å². The molecule has 1 aromatic carbocycles. The van der Waals surface area contributed by atoms with Crippen LogP contribution in [0.1, 0.15) is 21.6 Å². The summed E-state index contributed by atoms with van der Waals surface area (Å²) in [4.78, 5) is 11.0. The van der Waals surface area contributed by atoms with E-state index in [1.54, 1.807) is 29.8 Å². The molecule has 0 unspecified atom stereocenters. The number of nitrogens with zero attached hydrogens (tertiary/aromatic N) is 2. The number of carboxylic acid groups (broad SMARTS) is 1. The quantitative estimate of drug-likeness (QED) is 0.907. The largest absolute Gasteiger partial charge is 0.478 e. The molecule has 0 bridgehead atoms. The van der Waals surface area contributed by atoms with Gasteiger partial charge >= 0.3 is 5.97 Å². The van der Waals surface area contributed by atoms with Crippen LogP contribution in [0.25, 0.3) is 0 Å². The summed E-state index contributed by atoms with van der Waals surface area (Å²) < 4.78 is 1.74. The predicted octanol–water partition coefficient (Wildman–Crippen LogP) is 2.86. The molecule has 1 heterocycles. The Balaban J connectivity index is 2.13. The number of aromatic nitrogens is 1. The van der Waals surface area contributed by atoms with E-state index in [0.717, 1.165) is 5.56 Å². The van der Waals surface area contributed by atoms with Gasteiger partial charge in [-0.2, -0.15) is 5.26 Å². The van der Waals surface area contributed by atoms with Gasteiger partial charge in [0.1, 0.15) is 11.8 Å². The Kier molecular flexibility index (Phi) is 3.97. The fourth-order valence-corrected chi connectivity index (χ4v) is 2.04. The second-order valence-electron chi connectivity index (χ2n) is 4.31. The minimum absolute atomic E-state index is 0.0578.